The fourth-order valence-electron chi connectivity index (χ4n) is 3.07. The molecule has 1 saturated heterocycles. The predicted molar refractivity (Wildman–Crippen MR) is 77.0 cm³/mol. The van der Waals surface area contributed by atoms with Crippen LogP contribution in [-0.2, 0) is 9.53 Å². The molecule has 0 aliphatic carbocycles. The number of aliphatic hydroxyl groups excluding tert-OH is 1. The van der Waals surface area contributed by atoms with E-state index in [2.05, 4.69) is 18.7 Å². The van der Waals surface area contributed by atoms with E-state index in [1.54, 1.807) is 7.05 Å². The Morgan fingerprint density at radius 1 is 1.25 bits per heavy atom. The van der Waals surface area contributed by atoms with Crippen molar-refractivity contribution in [2.45, 2.75) is 32.2 Å². The monoisotopic (exact) mass is 276 g/mol. The third-order valence-electron chi connectivity index (χ3n) is 4.02. The number of fused-ring (bicyclic) bond motifs is 1. The minimum Gasteiger partial charge on any atom is -0.378 e. The number of likely N-dealkylation sites (N-methyl/N-ethyl adjacent to an activating group) is 1. The molecule has 0 aromatic heterocycles. The van der Waals surface area contributed by atoms with Gasteiger partial charge >= 0.3 is 0 Å². The number of aliphatic hydroxyl groups is 1. The smallest absolute Gasteiger partial charge is 0.260 e. The summed E-state index contributed by atoms with van der Waals surface area (Å²) in [4.78, 5) is 15.6. The van der Waals surface area contributed by atoms with Crippen molar-refractivity contribution in [1.29, 1.82) is 0 Å². The van der Waals surface area contributed by atoms with Gasteiger partial charge in [-0.2, -0.15) is 0 Å². The molecule has 1 N–H and O–H groups in total. The molecule has 20 heavy (non-hydrogen) atoms. The Morgan fingerprint density at radius 2 is 1.90 bits per heavy atom. The Labute approximate surface area is 118 Å². The second-order valence-electron chi connectivity index (χ2n) is 5.71. The van der Waals surface area contributed by atoms with Crippen molar-refractivity contribution < 1.29 is 14.6 Å². The highest BCUT2D eigenvalue weighted by Crippen LogP contribution is 2.37. The zero-order valence-corrected chi connectivity index (χ0v) is 12.0. The molecule has 3 atom stereocenters. The van der Waals surface area contributed by atoms with E-state index in [1.165, 1.54) is 4.90 Å². The SMILES string of the molecule is CC1CN(c2ccc3c(c2)N(C)C(=O)C3O)CC(C)O1. The molecule has 0 spiro atoms. The highest BCUT2D eigenvalue weighted by atomic mass is 16.5. The summed E-state index contributed by atoms with van der Waals surface area (Å²) in [6, 6.07) is 5.80. The third-order valence-corrected chi connectivity index (χ3v) is 4.02. The first-order valence-corrected chi connectivity index (χ1v) is 6.97. The normalized spacial score (nSPS) is 29.8. The molecular formula is C15H20N2O3. The van der Waals surface area contributed by atoms with E-state index < -0.39 is 6.10 Å². The lowest BCUT2D eigenvalue weighted by Gasteiger charge is -2.37. The standard InChI is InChI=1S/C15H20N2O3/c1-9-7-17(8-10(2)20-9)11-4-5-12-13(6-11)16(3)15(19)14(12)18/h4-6,9-10,14,18H,7-8H2,1-3H3. The lowest BCUT2D eigenvalue weighted by Crippen LogP contribution is -2.45. The Bertz CT molecular complexity index is 536. The molecule has 1 aromatic carbocycles. The van der Waals surface area contributed by atoms with Gasteiger partial charge in [-0.1, -0.05) is 6.07 Å². The maximum Gasteiger partial charge on any atom is 0.260 e. The largest absolute Gasteiger partial charge is 0.378 e. The van der Waals surface area contributed by atoms with Crippen molar-refractivity contribution in [2.75, 3.05) is 29.9 Å². The first kappa shape index (κ1) is 13.4. The van der Waals surface area contributed by atoms with Crippen molar-refractivity contribution in [3.63, 3.8) is 0 Å². The molecule has 3 unspecified atom stereocenters. The Kier molecular flexibility index (Phi) is 3.18. The van der Waals surface area contributed by atoms with Gasteiger partial charge in [0.15, 0.2) is 6.10 Å². The number of anilines is 2. The fourth-order valence-corrected chi connectivity index (χ4v) is 3.07. The number of ether oxygens (including phenoxy) is 1. The summed E-state index contributed by atoms with van der Waals surface area (Å²) in [5, 5.41) is 9.88. The van der Waals surface area contributed by atoms with Gasteiger partial charge in [-0.3, -0.25) is 4.79 Å². The van der Waals surface area contributed by atoms with Gasteiger partial charge in [0.05, 0.1) is 17.9 Å². The van der Waals surface area contributed by atoms with Crippen LogP contribution in [0.5, 0.6) is 0 Å². The van der Waals surface area contributed by atoms with E-state index in [-0.39, 0.29) is 18.1 Å². The van der Waals surface area contributed by atoms with E-state index in [9.17, 15) is 9.90 Å². The van der Waals surface area contributed by atoms with Gasteiger partial charge in [0.2, 0.25) is 0 Å². The van der Waals surface area contributed by atoms with E-state index in [0.29, 0.717) is 5.56 Å². The molecule has 5 nitrogen and oxygen atoms in total. The van der Waals surface area contributed by atoms with Gasteiger partial charge in [0, 0.05) is 31.4 Å². The number of carbonyl (C=O) groups excluding carboxylic acids is 1. The second-order valence-corrected chi connectivity index (χ2v) is 5.71. The van der Waals surface area contributed by atoms with Crippen LogP contribution in [0.3, 0.4) is 0 Å². The first-order valence-electron chi connectivity index (χ1n) is 6.97. The maximum atomic E-state index is 11.8. The van der Waals surface area contributed by atoms with Crippen LogP contribution >= 0.6 is 0 Å². The molecule has 0 bridgehead atoms. The number of benzene rings is 1. The minimum atomic E-state index is -1.02. The molecule has 0 radical (unpaired) electrons. The van der Waals surface area contributed by atoms with Crippen molar-refractivity contribution >= 4 is 17.3 Å². The number of nitrogens with zero attached hydrogens (tertiary/aromatic N) is 2. The van der Waals surface area contributed by atoms with Crippen LogP contribution in [0.4, 0.5) is 11.4 Å². The molecule has 2 heterocycles. The first-order chi connectivity index (χ1) is 9.47. The number of hydrogen-bond donors (Lipinski definition) is 1. The van der Waals surface area contributed by atoms with Gasteiger partial charge in [-0.05, 0) is 26.0 Å². The van der Waals surface area contributed by atoms with E-state index in [4.69, 9.17) is 4.74 Å². The molecule has 2 aliphatic rings. The van der Waals surface area contributed by atoms with Crippen molar-refractivity contribution in [3.05, 3.63) is 23.8 Å². The summed E-state index contributed by atoms with van der Waals surface area (Å²) < 4.78 is 5.74. The summed E-state index contributed by atoms with van der Waals surface area (Å²) in [6.45, 7) is 5.80. The van der Waals surface area contributed by atoms with Crippen LogP contribution in [0.2, 0.25) is 0 Å². The van der Waals surface area contributed by atoms with E-state index in [1.807, 2.05) is 18.2 Å². The van der Waals surface area contributed by atoms with Gasteiger partial charge in [-0.25, -0.2) is 0 Å². The van der Waals surface area contributed by atoms with E-state index in [0.717, 1.165) is 24.5 Å². The molecule has 5 heteroatoms. The van der Waals surface area contributed by atoms with Crippen LogP contribution in [0.25, 0.3) is 0 Å². The summed E-state index contributed by atoms with van der Waals surface area (Å²) in [7, 11) is 1.70. The summed E-state index contributed by atoms with van der Waals surface area (Å²) >= 11 is 0. The minimum absolute atomic E-state index is 0.192. The number of rotatable bonds is 1. The zero-order valence-electron chi connectivity index (χ0n) is 12.0. The average molecular weight is 276 g/mol. The van der Waals surface area contributed by atoms with Gasteiger partial charge < -0.3 is 19.6 Å². The van der Waals surface area contributed by atoms with Crippen molar-refractivity contribution in [1.82, 2.24) is 0 Å². The van der Waals surface area contributed by atoms with Crippen molar-refractivity contribution in [3.8, 4) is 0 Å². The number of morpholine rings is 1. The molecule has 3 rings (SSSR count). The Balaban J connectivity index is 1.92. The molecule has 1 aromatic rings. The zero-order chi connectivity index (χ0) is 14.4. The topological polar surface area (TPSA) is 53.0 Å². The van der Waals surface area contributed by atoms with Crippen LogP contribution in [-0.4, -0.2) is 43.4 Å². The van der Waals surface area contributed by atoms with Crippen molar-refractivity contribution in [2.24, 2.45) is 0 Å². The third kappa shape index (κ3) is 2.07. The highest BCUT2D eigenvalue weighted by Gasteiger charge is 2.34. The van der Waals surface area contributed by atoms with Gasteiger partial charge in [-0.15, -0.1) is 0 Å². The van der Waals surface area contributed by atoms with Gasteiger partial charge in [0.25, 0.3) is 5.91 Å². The number of amides is 1. The second kappa shape index (κ2) is 4.75. The lowest BCUT2D eigenvalue weighted by molar-refractivity contribution is -0.125. The quantitative estimate of drug-likeness (QED) is 0.840. The van der Waals surface area contributed by atoms with Crippen LogP contribution in [0.15, 0.2) is 18.2 Å². The molecule has 1 amide bonds. The number of carbonyl (C=O) groups is 1. The Hall–Kier alpha value is -1.59. The van der Waals surface area contributed by atoms with Crippen LogP contribution in [0, 0.1) is 0 Å². The molecular weight excluding hydrogens is 256 g/mol. The average Bonchev–Trinajstić information content (AvgIpc) is 2.62. The summed E-state index contributed by atoms with van der Waals surface area (Å²) in [6.07, 6.45) is -0.638. The predicted octanol–water partition coefficient (Wildman–Crippen LogP) is 1.31. The molecule has 2 aliphatic heterocycles. The molecule has 1 fully saturated rings. The Morgan fingerprint density at radius 3 is 2.55 bits per heavy atom. The summed E-state index contributed by atoms with van der Waals surface area (Å²) in [5.74, 6) is -0.263. The summed E-state index contributed by atoms with van der Waals surface area (Å²) in [5.41, 5.74) is 2.56. The molecule has 108 valence electrons. The van der Waals surface area contributed by atoms with Crippen LogP contribution < -0.4 is 9.80 Å². The fraction of sp³-hybridized carbons (Fsp3) is 0.533. The van der Waals surface area contributed by atoms with Crippen LogP contribution in [0.1, 0.15) is 25.5 Å². The molecule has 0 saturated carbocycles. The maximum absolute atomic E-state index is 11.8. The lowest BCUT2D eigenvalue weighted by atomic mass is 10.1. The highest BCUT2D eigenvalue weighted by molar-refractivity contribution is 6.03. The van der Waals surface area contributed by atoms with Gasteiger partial charge in [0.1, 0.15) is 0 Å². The number of hydrogen-bond acceptors (Lipinski definition) is 4. The van der Waals surface area contributed by atoms with E-state index >= 15 is 0 Å².